The van der Waals surface area contributed by atoms with Gasteiger partial charge in [-0.15, -0.1) is 0 Å². The maximum absolute atomic E-state index is 5.50. The van der Waals surface area contributed by atoms with Gasteiger partial charge in [-0.25, -0.2) is 4.98 Å². The van der Waals surface area contributed by atoms with Crippen LogP contribution >= 0.6 is 0 Å². The summed E-state index contributed by atoms with van der Waals surface area (Å²) in [5.41, 5.74) is 9.27. The average molecular weight is 655 g/mol. The zero-order chi connectivity index (χ0) is 34.1. The fourth-order valence-electron chi connectivity index (χ4n) is 7.51. The summed E-state index contributed by atoms with van der Waals surface area (Å²) in [5.74, 6) is 1.65. The van der Waals surface area contributed by atoms with E-state index in [1.165, 1.54) is 65.7 Å². The van der Waals surface area contributed by atoms with Crippen LogP contribution in [0.15, 0.2) is 188 Å². The van der Waals surface area contributed by atoms with Crippen LogP contribution in [0.3, 0.4) is 0 Å². The van der Waals surface area contributed by atoms with Crippen LogP contribution in [0.25, 0.3) is 65.7 Å². The van der Waals surface area contributed by atoms with Crippen molar-refractivity contribution < 1.29 is 4.74 Å². The highest BCUT2D eigenvalue weighted by atomic mass is 16.5. The highest BCUT2D eigenvalue weighted by molar-refractivity contribution is 6.33. The SMILES string of the molecule is COc1ccc(N(c2ccc3c(c2)c2ccccc2c2c(-c4ccccc4)cc(-c4ccccc4)c(-c4ccccc4)c32)c2ccccn2)cc1. The number of hydrogen-bond donors (Lipinski definition) is 0. The number of fused-ring (bicyclic) bond motifs is 6. The second-order valence-electron chi connectivity index (χ2n) is 12.7. The van der Waals surface area contributed by atoms with Crippen LogP contribution in [0, 0.1) is 0 Å². The van der Waals surface area contributed by atoms with Crippen LogP contribution in [0.4, 0.5) is 17.2 Å². The summed E-state index contributed by atoms with van der Waals surface area (Å²) < 4.78 is 5.50. The van der Waals surface area contributed by atoms with Crippen LogP contribution in [-0.2, 0) is 0 Å². The summed E-state index contributed by atoms with van der Waals surface area (Å²) in [6.45, 7) is 0. The number of pyridine rings is 1. The molecular formula is C48H34N2O. The molecule has 0 aliphatic carbocycles. The molecule has 1 heterocycles. The van der Waals surface area contributed by atoms with E-state index in [0.29, 0.717) is 0 Å². The number of aromatic nitrogens is 1. The van der Waals surface area contributed by atoms with Crippen LogP contribution in [-0.4, -0.2) is 12.1 Å². The fraction of sp³-hybridized carbons (Fsp3) is 0.0208. The third-order valence-electron chi connectivity index (χ3n) is 9.79. The monoisotopic (exact) mass is 654 g/mol. The van der Waals surface area contributed by atoms with Crippen molar-refractivity contribution in [1.29, 1.82) is 0 Å². The normalized spacial score (nSPS) is 11.2. The van der Waals surface area contributed by atoms with E-state index >= 15 is 0 Å². The molecule has 9 aromatic rings. The summed E-state index contributed by atoms with van der Waals surface area (Å²) in [6.07, 6.45) is 1.85. The molecule has 0 N–H and O–H groups in total. The Kier molecular flexibility index (Phi) is 7.71. The molecule has 0 amide bonds. The van der Waals surface area contributed by atoms with Crippen molar-refractivity contribution in [3.8, 4) is 39.1 Å². The zero-order valence-electron chi connectivity index (χ0n) is 28.2. The first-order chi connectivity index (χ1) is 25.3. The highest BCUT2D eigenvalue weighted by Gasteiger charge is 2.23. The summed E-state index contributed by atoms with van der Waals surface area (Å²) in [7, 11) is 1.69. The molecule has 0 bridgehead atoms. The first kappa shape index (κ1) is 30.4. The molecule has 0 fully saturated rings. The molecular weight excluding hydrogens is 621 g/mol. The number of anilines is 3. The van der Waals surface area contributed by atoms with Gasteiger partial charge in [-0.05, 0) is 120 Å². The number of rotatable bonds is 7. The Hall–Kier alpha value is -6.71. The quantitative estimate of drug-likeness (QED) is 0.160. The van der Waals surface area contributed by atoms with E-state index in [1.54, 1.807) is 7.11 Å². The van der Waals surface area contributed by atoms with Gasteiger partial charge in [0, 0.05) is 17.6 Å². The smallest absolute Gasteiger partial charge is 0.137 e. The van der Waals surface area contributed by atoms with Crippen molar-refractivity contribution in [2.45, 2.75) is 0 Å². The molecule has 242 valence electrons. The molecule has 0 atom stereocenters. The Morgan fingerprint density at radius 2 is 1.00 bits per heavy atom. The van der Waals surface area contributed by atoms with Crippen molar-refractivity contribution >= 4 is 49.5 Å². The van der Waals surface area contributed by atoms with Crippen molar-refractivity contribution in [2.75, 3.05) is 12.0 Å². The van der Waals surface area contributed by atoms with Gasteiger partial charge in [0.2, 0.25) is 0 Å². The first-order valence-corrected chi connectivity index (χ1v) is 17.2. The average Bonchev–Trinajstić information content (AvgIpc) is 3.22. The van der Waals surface area contributed by atoms with Gasteiger partial charge in [0.15, 0.2) is 0 Å². The first-order valence-electron chi connectivity index (χ1n) is 17.2. The Morgan fingerprint density at radius 1 is 0.431 bits per heavy atom. The number of nitrogens with zero attached hydrogens (tertiary/aromatic N) is 2. The van der Waals surface area contributed by atoms with E-state index in [2.05, 4.69) is 163 Å². The molecule has 3 heteroatoms. The van der Waals surface area contributed by atoms with Gasteiger partial charge >= 0.3 is 0 Å². The molecule has 0 saturated heterocycles. The molecule has 0 radical (unpaired) electrons. The number of benzene rings is 8. The summed E-state index contributed by atoms with van der Waals surface area (Å²) >= 11 is 0. The lowest BCUT2D eigenvalue weighted by Gasteiger charge is -2.26. The maximum Gasteiger partial charge on any atom is 0.137 e. The predicted octanol–water partition coefficient (Wildman–Crippen LogP) is 13.0. The lowest BCUT2D eigenvalue weighted by molar-refractivity contribution is 0.415. The van der Waals surface area contributed by atoms with Gasteiger partial charge in [0.05, 0.1) is 7.11 Å². The van der Waals surface area contributed by atoms with Gasteiger partial charge in [0.1, 0.15) is 11.6 Å². The van der Waals surface area contributed by atoms with Crippen molar-refractivity contribution in [2.24, 2.45) is 0 Å². The van der Waals surface area contributed by atoms with Gasteiger partial charge < -0.3 is 4.74 Å². The highest BCUT2D eigenvalue weighted by Crippen LogP contribution is 2.50. The fourth-order valence-corrected chi connectivity index (χ4v) is 7.51. The largest absolute Gasteiger partial charge is 0.497 e. The minimum Gasteiger partial charge on any atom is -0.497 e. The van der Waals surface area contributed by atoms with E-state index < -0.39 is 0 Å². The maximum atomic E-state index is 5.50. The lowest BCUT2D eigenvalue weighted by Crippen LogP contribution is -2.11. The van der Waals surface area contributed by atoms with Crippen molar-refractivity contribution in [3.05, 3.63) is 188 Å². The second kappa shape index (κ2) is 13.0. The minimum atomic E-state index is 0.813. The summed E-state index contributed by atoms with van der Waals surface area (Å²) in [4.78, 5) is 7.02. The lowest BCUT2D eigenvalue weighted by atomic mass is 9.81. The Morgan fingerprint density at radius 3 is 1.65 bits per heavy atom. The molecule has 51 heavy (non-hydrogen) atoms. The molecule has 0 spiro atoms. The van der Waals surface area contributed by atoms with Crippen LogP contribution in [0.1, 0.15) is 0 Å². The van der Waals surface area contributed by atoms with Gasteiger partial charge in [0.25, 0.3) is 0 Å². The molecule has 1 aromatic heterocycles. The molecule has 0 saturated carbocycles. The zero-order valence-corrected chi connectivity index (χ0v) is 28.2. The third-order valence-corrected chi connectivity index (χ3v) is 9.79. The molecule has 0 unspecified atom stereocenters. The van der Waals surface area contributed by atoms with Gasteiger partial charge in [-0.2, -0.15) is 0 Å². The van der Waals surface area contributed by atoms with E-state index in [-0.39, 0.29) is 0 Å². The summed E-state index contributed by atoms with van der Waals surface area (Å²) in [5, 5.41) is 7.33. The van der Waals surface area contributed by atoms with Crippen LogP contribution in [0.5, 0.6) is 5.75 Å². The number of methoxy groups -OCH3 is 1. The van der Waals surface area contributed by atoms with E-state index in [0.717, 1.165) is 22.9 Å². The Bertz CT molecular complexity index is 2640. The predicted molar refractivity (Wildman–Crippen MR) is 214 cm³/mol. The van der Waals surface area contributed by atoms with Crippen molar-refractivity contribution in [1.82, 2.24) is 4.98 Å². The number of hydrogen-bond acceptors (Lipinski definition) is 3. The van der Waals surface area contributed by atoms with Crippen LogP contribution < -0.4 is 9.64 Å². The third kappa shape index (κ3) is 5.36. The van der Waals surface area contributed by atoms with Gasteiger partial charge in [-0.3, -0.25) is 4.90 Å². The molecule has 8 aromatic carbocycles. The Labute approximate surface area is 297 Å². The standard InChI is InChI=1S/C48H34N2O/c1-51-38-27-24-36(25-28-38)50(45-23-13-14-30-49-45)37-26-29-41-44(31-37)39-21-11-12-22-40(39)47-43(34-17-7-3-8-18-34)32-42(33-15-5-2-6-16-33)46(48(41)47)35-19-9-4-10-20-35/h2-32H,1H3. The Balaban J connectivity index is 1.44. The molecule has 0 aliphatic heterocycles. The van der Waals surface area contributed by atoms with E-state index in [4.69, 9.17) is 9.72 Å². The molecule has 3 nitrogen and oxygen atoms in total. The second-order valence-corrected chi connectivity index (χ2v) is 12.7. The van der Waals surface area contributed by atoms with Crippen molar-refractivity contribution in [3.63, 3.8) is 0 Å². The topological polar surface area (TPSA) is 25.4 Å². The van der Waals surface area contributed by atoms with E-state index in [1.807, 2.05) is 30.5 Å². The van der Waals surface area contributed by atoms with E-state index in [9.17, 15) is 0 Å². The minimum absolute atomic E-state index is 0.813. The van der Waals surface area contributed by atoms with Gasteiger partial charge in [-0.1, -0.05) is 127 Å². The van der Waals surface area contributed by atoms with Crippen LogP contribution in [0.2, 0.25) is 0 Å². The molecule has 0 aliphatic rings. The molecule has 9 rings (SSSR count). The summed E-state index contributed by atoms with van der Waals surface area (Å²) in [6, 6.07) is 64.9. The number of ether oxygens (including phenoxy) is 1.